The van der Waals surface area contributed by atoms with Crippen molar-refractivity contribution in [1.82, 2.24) is 4.90 Å². The summed E-state index contributed by atoms with van der Waals surface area (Å²) in [5.41, 5.74) is 8.80. The standard InChI is InChI=1S/C13H19ClN2/c1-10-3-4-11(14)9-12(10)13(15)5-7-16(2)8-6-13/h3-4,9H,5-8,15H2,1-2H3. The van der Waals surface area contributed by atoms with Gasteiger partial charge in [-0.3, -0.25) is 0 Å². The van der Waals surface area contributed by atoms with Crippen LogP contribution in [0.4, 0.5) is 0 Å². The maximum absolute atomic E-state index is 6.53. The van der Waals surface area contributed by atoms with Crippen LogP contribution in [0.15, 0.2) is 18.2 Å². The summed E-state index contributed by atoms with van der Waals surface area (Å²) in [6, 6.07) is 6.02. The lowest BCUT2D eigenvalue weighted by atomic mass is 9.80. The van der Waals surface area contributed by atoms with Gasteiger partial charge in [0.15, 0.2) is 0 Å². The highest BCUT2D eigenvalue weighted by Gasteiger charge is 2.32. The molecular formula is C13H19ClN2. The van der Waals surface area contributed by atoms with Gasteiger partial charge in [-0.15, -0.1) is 0 Å². The van der Waals surface area contributed by atoms with Crippen LogP contribution in [0, 0.1) is 6.92 Å². The van der Waals surface area contributed by atoms with E-state index in [0.717, 1.165) is 31.0 Å². The fourth-order valence-electron chi connectivity index (χ4n) is 2.42. The Hall–Kier alpha value is -0.570. The zero-order valence-electron chi connectivity index (χ0n) is 9.96. The number of aryl methyl sites for hydroxylation is 1. The Kier molecular flexibility index (Phi) is 3.24. The quantitative estimate of drug-likeness (QED) is 0.815. The Bertz CT molecular complexity index is 382. The molecule has 3 heteroatoms. The Morgan fingerprint density at radius 1 is 1.31 bits per heavy atom. The summed E-state index contributed by atoms with van der Waals surface area (Å²) in [6.07, 6.45) is 2.01. The van der Waals surface area contributed by atoms with Crippen molar-refractivity contribution in [2.75, 3.05) is 20.1 Å². The Balaban J connectivity index is 2.32. The maximum Gasteiger partial charge on any atom is 0.0437 e. The molecule has 0 aromatic heterocycles. The summed E-state index contributed by atoms with van der Waals surface area (Å²) >= 11 is 6.06. The molecule has 0 atom stereocenters. The van der Waals surface area contributed by atoms with E-state index < -0.39 is 0 Å². The van der Waals surface area contributed by atoms with Gasteiger partial charge in [0.2, 0.25) is 0 Å². The van der Waals surface area contributed by atoms with Crippen molar-refractivity contribution in [1.29, 1.82) is 0 Å². The van der Waals surface area contributed by atoms with Gasteiger partial charge in [0.25, 0.3) is 0 Å². The van der Waals surface area contributed by atoms with E-state index in [4.69, 9.17) is 17.3 Å². The van der Waals surface area contributed by atoms with Gasteiger partial charge in [-0.2, -0.15) is 0 Å². The number of halogens is 1. The highest BCUT2D eigenvalue weighted by atomic mass is 35.5. The van der Waals surface area contributed by atoms with E-state index in [-0.39, 0.29) is 5.54 Å². The molecule has 1 aromatic carbocycles. The molecule has 1 aromatic rings. The van der Waals surface area contributed by atoms with Crippen molar-refractivity contribution in [2.24, 2.45) is 5.73 Å². The Morgan fingerprint density at radius 3 is 2.56 bits per heavy atom. The summed E-state index contributed by atoms with van der Waals surface area (Å²) in [6.45, 7) is 4.23. The summed E-state index contributed by atoms with van der Waals surface area (Å²) < 4.78 is 0. The van der Waals surface area contributed by atoms with Gasteiger partial charge in [-0.25, -0.2) is 0 Å². The molecule has 88 valence electrons. The molecule has 1 heterocycles. The second kappa shape index (κ2) is 4.36. The van der Waals surface area contributed by atoms with Crippen molar-refractivity contribution >= 4 is 11.6 Å². The second-order valence-electron chi connectivity index (χ2n) is 4.92. The normalized spacial score (nSPS) is 21.0. The number of likely N-dealkylation sites (tertiary alicyclic amines) is 1. The summed E-state index contributed by atoms with van der Waals surface area (Å²) in [7, 11) is 2.14. The molecule has 0 unspecified atom stereocenters. The molecule has 0 bridgehead atoms. The second-order valence-corrected chi connectivity index (χ2v) is 5.36. The van der Waals surface area contributed by atoms with Gasteiger partial charge in [0.05, 0.1) is 0 Å². The van der Waals surface area contributed by atoms with Gasteiger partial charge in [0, 0.05) is 10.6 Å². The Labute approximate surface area is 102 Å². The minimum Gasteiger partial charge on any atom is -0.321 e. The molecule has 0 amide bonds. The minimum absolute atomic E-state index is 0.193. The maximum atomic E-state index is 6.53. The van der Waals surface area contributed by atoms with Crippen LogP contribution in [0.1, 0.15) is 24.0 Å². The van der Waals surface area contributed by atoms with E-state index in [0.29, 0.717) is 0 Å². The van der Waals surface area contributed by atoms with Gasteiger partial charge < -0.3 is 10.6 Å². The average Bonchev–Trinajstić information content (AvgIpc) is 2.26. The molecule has 2 nitrogen and oxygen atoms in total. The molecule has 0 aliphatic carbocycles. The first-order chi connectivity index (χ1) is 7.51. The van der Waals surface area contributed by atoms with E-state index in [1.807, 2.05) is 12.1 Å². The lowest BCUT2D eigenvalue weighted by Crippen LogP contribution is -2.47. The van der Waals surface area contributed by atoms with E-state index in [9.17, 15) is 0 Å². The first kappa shape index (κ1) is 11.9. The van der Waals surface area contributed by atoms with Crippen LogP contribution in [-0.2, 0) is 5.54 Å². The molecule has 1 fully saturated rings. The lowest BCUT2D eigenvalue weighted by molar-refractivity contribution is 0.191. The van der Waals surface area contributed by atoms with Crippen LogP contribution in [-0.4, -0.2) is 25.0 Å². The van der Waals surface area contributed by atoms with Crippen molar-refractivity contribution in [3.05, 3.63) is 34.3 Å². The van der Waals surface area contributed by atoms with E-state index in [1.54, 1.807) is 0 Å². The van der Waals surface area contributed by atoms with Gasteiger partial charge in [-0.1, -0.05) is 17.7 Å². The van der Waals surface area contributed by atoms with Crippen LogP contribution < -0.4 is 5.73 Å². The van der Waals surface area contributed by atoms with Gasteiger partial charge >= 0.3 is 0 Å². The number of rotatable bonds is 1. The van der Waals surface area contributed by atoms with E-state index in [1.165, 1.54) is 11.1 Å². The van der Waals surface area contributed by atoms with Crippen LogP contribution >= 0.6 is 11.6 Å². The van der Waals surface area contributed by atoms with Crippen LogP contribution in [0.25, 0.3) is 0 Å². The predicted molar refractivity (Wildman–Crippen MR) is 68.8 cm³/mol. The van der Waals surface area contributed by atoms with E-state index in [2.05, 4.69) is 24.9 Å². The number of nitrogens with zero attached hydrogens (tertiary/aromatic N) is 1. The summed E-state index contributed by atoms with van der Waals surface area (Å²) in [5.74, 6) is 0. The molecule has 1 saturated heterocycles. The van der Waals surface area contributed by atoms with Crippen molar-refractivity contribution in [3.8, 4) is 0 Å². The monoisotopic (exact) mass is 238 g/mol. The molecule has 1 aliphatic rings. The fourth-order valence-corrected chi connectivity index (χ4v) is 2.59. The number of piperidine rings is 1. The highest BCUT2D eigenvalue weighted by Crippen LogP contribution is 2.33. The van der Waals surface area contributed by atoms with Gasteiger partial charge in [-0.05, 0) is 63.2 Å². The number of hydrogen-bond acceptors (Lipinski definition) is 2. The zero-order valence-corrected chi connectivity index (χ0v) is 10.7. The molecular weight excluding hydrogens is 220 g/mol. The van der Waals surface area contributed by atoms with Crippen molar-refractivity contribution in [3.63, 3.8) is 0 Å². The first-order valence-corrected chi connectivity index (χ1v) is 6.13. The minimum atomic E-state index is -0.193. The molecule has 0 saturated carbocycles. The van der Waals surface area contributed by atoms with Crippen LogP contribution in [0.5, 0.6) is 0 Å². The number of nitrogens with two attached hydrogens (primary N) is 1. The molecule has 0 spiro atoms. The third-order valence-corrected chi connectivity index (χ3v) is 3.85. The largest absolute Gasteiger partial charge is 0.321 e. The topological polar surface area (TPSA) is 29.3 Å². The number of hydrogen-bond donors (Lipinski definition) is 1. The molecule has 2 N–H and O–H groups in total. The fraction of sp³-hybridized carbons (Fsp3) is 0.538. The Morgan fingerprint density at radius 2 is 1.94 bits per heavy atom. The number of benzene rings is 1. The highest BCUT2D eigenvalue weighted by molar-refractivity contribution is 6.30. The third-order valence-electron chi connectivity index (χ3n) is 3.62. The first-order valence-electron chi connectivity index (χ1n) is 5.75. The molecule has 1 aliphatic heterocycles. The van der Waals surface area contributed by atoms with Gasteiger partial charge in [0.1, 0.15) is 0 Å². The van der Waals surface area contributed by atoms with Crippen LogP contribution in [0.3, 0.4) is 0 Å². The third kappa shape index (κ3) is 2.24. The molecule has 0 radical (unpaired) electrons. The molecule has 16 heavy (non-hydrogen) atoms. The molecule has 2 rings (SSSR count). The summed E-state index contributed by atoms with van der Waals surface area (Å²) in [4.78, 5) is 2.32. The smallest absolute Gasteiger partial charge is 0.0437 e. The SMILES string of the molecule is Cc1ccc(Cl)cc1C1(N)CCN(C)CC1. The van der Waals surface area contributed by atoms with Crippen molar-refractivity contribution in [2.45, 2.75) is 25.3 Å². The average molecular weight is 239 g/mol. The van der Waals surface area contributed by atoms with E-state index >= 15 is 0 Å². The summed E-state index contributed by atoms with van der Waals surface area (Å²) in [5, 5.41) is 0.782. The predicted octanol–water partition coefficient (Wildman–Crippen LogP) is 2.53. The zero-order chi connectivity index (χ0) is 11.8. The lowest BCUT2D eigenvalue weighted by Gasteiger charge is -2.39. The van der Waals surface area contributed by atoms with Crippen molar-refractivity contribution < 1.29 is 0 Å². The van der Waals surface area contributed by atoms with Crippen LogP contribution in [0.2, 0.25) is 5.02 Å².